The molecule has 1 aromatic rings. The number of carbonyl (C=O) groups is 1. The number of rotatable bonds is 4. The Hall–Kier alpha value is -1.50. The van der Waals surface area contributed by atoms with Gasteiger partial charge in [-0.05, 0) is 37.1 Å². The molecule has 0 saturated carbocycles. The topological polar surface area (TPSA) is 81.9 Å². The number of ether oxygens (including phenoxy) is 1. The molecule has 0 unspecified atom stereocenters. The smallest absolute Gasteiger partial charge is 0.249 e. The van der Waals surface area contributed by atoms with E-state index in [1.54, 1.807) is 4.68 Å². The molecule has 7 nitrogen and oxygen atoms in total. The zero-order chi connectivity index (χ0) is 12.3. The average Bonchev–Trinajstić information content (AvgIpc) is 2.96. The SMILES string of the molecule is CC(C)n1nnnc1CNC(=O)[C@@H]1CCCO1. The minimum Gasteiger partial charge on any atom is -0.368 e. The highest BCUT2D eigenvalue weighted by molar-refractivity contribution is 5.80. The summed E-state index contributed by atoms with van der Waals surface area (Å²) in [5, 5.41) is 14.1. The van der Waals surface area contributed by atoms with E-state index in [1.165, 1.54) is 0 Å². The van der Waals surface area contributed by atoms with E-state index < -0.39 is 0 Å². The molecule has 1 aliphatic heterocycles. The van der Waals surface area contributed by atoms with E-state index in [2.05, 4.69) is 20.8 Å². The molecule has 1 N–H and O–H groups in total. The largest absolute Gasteiger partial charge is 0.368 e. The predicted octanol–water partition coefficient (Wildman–Crippen LogP) is 0.0492. The molecule has 1 aromatic heterocycles. The molecule has 0 radical (unpaired) electrons. The summed E-state index contributed by atoms with van der Waals surface area (Å²) in [6.07, 6.45) is 1.43. The van der Waals surface area contributed by atoms with Gasteiger partial charge in [0.2, 0.25) is 5.91 Å². The Morgan fingerprint density at radius 2 is 2.47 bits per heavy atom. The van der Waals surface area contributed by atoms with Gasteiger partial charge in [0.15, 0.2) is 5.82 Å². The second kappa shape index (κ2) is 5.22. The Morgan fingerprint density at radius 3 is 3.12 bits per heavy atom. The highest BCUT2D eigenvalue weighted by atomic mass is 16.5. The van der Waals surface area contributed by atoms with Crippen LogP contribution in [0, 0.1) is 0 Å². The number of nitrogens with zero attached hydrogens (tertiary/aromatic N) is 4. The van der Waals surface area contributed by atoms with Crippen LogP contribution >= 0.6 is 0 Å². The van der Waals surface area contributed by atoms with Gasteiger partial charge < -0.3 is 10.1 Å². The van der Waals surface area contributed by atoms with Gasteiger partial charge in [-0.1, -0.05) is 0 Å². The summed E-state index contributed by atoms with van der Waals surface area (Å²) in [6.45, 7) is 4.98. The second-order valence-corrected chi connectivity index (χ2v) is 4.35. The Kier molecular flexibility index (Phi) is 3.68. The van der Waals surface area contributed by atoms with Crippen LogP contribution in [0.2, 0.25) is 0 Å². The van der Waals surface area contributed by atoms with E-state index in [0.717, 1.165) is 12.8 Å². The number of nitrogens with one attached hydrogen (secondary N) is 1. The molecule has 17 heavy (non-hydrogen) atoms. The lowest BCUT2D eigenvalue weighted by atomic mass is 10.2. The maximum absolute atomic E-state index is 11.7. The zero-order valence-electron chi connectivity index (χ0n) is 10.1. The summed E-state index contributed by atoms with van der Waals surface area (Å²) in [5.41, 5.74) is 0. The van der Waals surface area contributed by atoms with Gasteiger partial charge in [0.25, 0.3) is 0 Å². The lowest BCUT2D eigenvalue weighted by Gasteiger charge is -2.11. The van der Waals surface area contributed by atoms with E-state index in [-0.39, 0.29) is 18.1 Å². The Balaban J connectivity index is 1.88. The molecule has 2 rings (SSSR count). The number of hydrogen-bond acceptors (Lipinski definition) is 5. The fourth-order valence-electron chi connectivity index (χ4n) is 1.79. The molecule has 1 saturated heterocycles. The summed E-state index contributed by atoms with van der Waals surface area (Å²) >= 11 is 0. The molecular formula is C10H17N5O2. The maximum Gasteiger partial charge on any atom is 0.249 e. The van der Waals surface area contributed by atoms with E-state index in [1.807, 2.05) is 13.8 Å². The average molecular weight is 239 g/mol. The van der Waals surface area contributed by atoms with Crippen molar-refractivity contribution in [3.05, 3.63) is 5.82 Å². The van der Waals surface area contributed by atoms with Crippen LogP contribution in [0.3, 0.4) is 0 Å². The first-order valence-corrected chi connectivity index (χ1v) is 5.84. The van der Waals surface area contributed by atoms with Crippen molar-refractivity contribution in [3.8, 4) is 0 Å². The van der Waals surface area contributed by atoms with Gasteiger partial charge in [0.05, 0.1) is 12.6 Å². The van der Waals surface area contributed by atoms with Gasteiger partial charge >= 0.3 is 0 Å². The van der Waals surface area contributed by atoms with Crippen LogP contribution in [0.15, 0.2) is 0 Å². The number of carbonyl (C=O) groups excluding carboxylic acids is 1. The maximum atomic E-state index is 11.7. The Bertz CT molecular complexity index is 384. The quantitative estimate of drug-likeness (QED) is 0.802. The van der Waals surface area contributed by atoms with E-state index in [4.69, 9.17) is 4.74 Å². The minimum absolute atomic E-state index is 0.0826. The van der Waals surface area contributed by atoms with Gasteiger partial charge in [0.1, 0.15) is 6.10 Å². The number of aromatic nitrogens is 4. The van der Waals surface area contributed by atoms with Crippen molar-refractivity contribution < 1.29 is 9.53 Å². The summed E-state index contributed by atoms with van der Waals surface area (Å²) in [5.74, 6) is 0.576. The summed E-state index contributed by atoms with van der Waals surface area (Å²) in [6, 6.07) is 0.180. The molecule has 7 heteroatoms. The van der Waals surface area contributed by atoms with Gasteiger partial charge in [-0.2, -0.15) is 0 Å². The molecule has 1 fully saturated rings. The van der Waals surface area contributed by atoms with Gasteiger partial charge in [-0.3, -0.25) is 4.79 Å². The van der Waals surface area contributed by atoms with Crippen molar-refractivity contribution in [1.29, 1.82) is 0 Å². The predicted molar refractivity (Wildman–Crippen MR) is 59.0 cm³/mol. The van der Waals surface area contributed by atoms with Gasteiger partial charge in [0, 0.05) is 6.61 Å². The van der Waals surface area contributed by atoms with Crippen molar-refractivity contribution in [1.82, 2.24) is 25.5 Å². The molecule has 1 aliphatic rings. The zero-order valence-corrected chi connectivity index (χ0v) is 10.1. The van der Waals surface area contributed by atoms with Crippen molar-refractivity contribution in [3.63, 3.8) is 0 Å². The van der Waals surface area contributed by atoms with Crippen LogP contribution in [-0.2, 0) is 16.1 Å². The summed E-state index contributed by atoms with van der Waals surface area (Å²) in [4.78, 5) is 11.7. The van der Waals surface area contributed by atoms with Crippen LogP contribution < -0.4 is 5.32 Å². The van der Waals surface area contributed by atoms with E-state index in [0.29, 0.717) is 19.0 Å². The van der Waals surface area contributed by atoms with E-state index >= 15 is 0 Å². The first-order chi connectivity index (χ1) is 8.18. The van der Waals surface area contributed by atoms with Crippen molar-refractivity contribution in [2.24, 2.45) is 0 Å². The van der Waals surface area contributed by atoms with Crippen LogP contribution in [0.4, 0.5) is 0 Å². The fourth-order valence-corrected chi connectivity index (χ4v) is 1.79. The highest BCUT2D eigenvalue weighted by Crippen LogP contribution is 2.12. The molecular weight excluding hydrogens is 222 g/mol. The lowest BCUT2D eigenvalue weighted by molar-refractivity contribution is -0.130. The summed E-state index contributed by atoms with van der Waals surface area (Å²) in [7, 11) is 0. The molecule has 0 spiro atoms. The molecule has 0 aliphatic carbocycles. The fraction of sp³-hybridized carbons (Fsp3) is 0.800. The van der Waals surface area contributed by atoms with Crippen LogP contribution in [0.5, 0.6) is 0 Å². The molecule has 2 heterocycles. The van der Waals surface area contributed by atoms with Crippen LogP contribution in [-0.4, -0.2) is 38.8 Å². The van der Waals surface area contributed by atoms with Crippen LogP contribution in [0.25, 0.3) is 0 Å². The molecule has 94 valence electrons. The van der Waals surface area contributed by atoms with E-state index in [9.17, 15) is 4.79 Å². The van der Waals surface area contributed by atoms with Crippen molar-refractivity contribution >= 4 is 5.91 Å². The molecule has 1 atom stereocenters. The minimum atomic E-state index is -0.307. The Labute approximate surface area is 99.5 Å². The first kappa shape index (κ1) is 12.0. The third-order valence-electron chi connectivity index (χ3n) is 2.69. The molecule has 0 bridgehead atoms. The molecule has 1 amide bonds. The third kappa shape index (κ3) is 2.79. The number of tetrazole rings is 1. The van der Waals surface area contributed by atoms with Crippen LogP contribution in [0.1, 0.15) is 38.6 Å². The second-order valence-electron chi connectivity index (χ2n) is 4.35. The Morgan fingerprint density at radius 1 is 1.65 bits per heavy atom. The van der Waals surface area contributed by atoms with Crippen molar-refractivity contribution in [2.75, 3.05) is 6.61 Å². The van der Waals surface area contributed by atoms with Gasteiger partial charge in [-0.15, -0.1) is 5.10 Å². The molecule has 0 aromatic carbocycles. The first-order valence-electron chi connectivity index (χ1n) is 5.84. The number of hydrogen-bond donors (Lipinski definition) is 1. The summed E-state index contributed by atoms with van der Waals surface area (Å²) < 4.78 is 6.98. The van der Waals surface area contributed by atoms with Crippen molar-refractivity contribution in [2.45, 2.75) is 45.4 Å². The normalized spacial score (nSPS) is 19.8. The van der Waals surface area contributed by atoms with Gasteiger partial charge in [-0.25, -0.2) is 4.68 Å². The third-order valence-corrected chi connectivity index (χ3v) is 2.69. The highest BCUT2D eigenvalue weighted by Gasteiger charge is 2.23. The standard InChI is InChI=1S/C10H17N5O2/c1-7(2)15-9(12-13-14-15)6-11-10(16)8-4-3-5-17-8/h7-8H,3-6H2,1-2H3,(H,11,16)/t8-/m0/s1. The number of amides is 1. The lowest BCUT2D eigenvalue weighted by Crippen LogP contribution is -2.34. The monoisotopic (exact) mass is 239 g/mol.